The Morgan fingerprint density at radius 3 is 2.46 bits per heavy atom. The molecule has 0 radical (unpaired) electrons. The number of hydrogen-bond donors (Lipinski definition) is 2. The summed E-state index contributed by atoms with van der Waals surface area (Å²) in [6.45, 7) is 1.74. The van der Waals surface area contributed by atoms with E-state index in [1.54, 1.807) is 61.5 Å². The van der Waals surface area contributed by atoms with Gasteiger partial charge in [0.15, 0.2) is 5.82 Å². The average Bonchev–Trinajstić information content (AvgIpc) is 3.27. The lowest BCUT2D eigenvalue weighted by atomic mass is 9.93. The zero-order valence-corrected chi connectivity index (χ0v) is 19.2. The largest absolute Gasteiger partial charge is 0.328 e. The number of para-hydroxylation sites is 2. The summed E-state index contributed by atoms with van der Waals surface area (Å²) >= 11 is 6.02. The number of nitro groups is 1. The number of nitro benzene ring substituents is 1. The fourth-order valence-electron chi connectivity index (χ4n) is 4.06. The predicted octanol–water partition coefficient (Wildman–Crippen LogP) is 5.43. The minimum Gasteiger partial charge on any atom is -0.328 e. The Labute approximate surface area is 205 Å². The molecular formula is C25H19ClN6O3. The second-order valence-corrected chi connectivity index (χ2v) is 8.35. The van der Waals surface area contributed by atoms with Crippen molar-refractivity contribution in [1.82, 2.24) is 14.8 Å². The van der Waals surface area contributed by atoms with Crippen molar-refractivity contribution in [2.75, 3.05) is 10.6 Å². The highest BCUT2D eigenvalue weighted by atomic mass is 35.5. The summed E-state index contributed by atoms with van der Waals surface area (Å²) in [7, 11) is 0. The number of benzene rings is 3. The van der Waals surface area contributed by atoms with Gasteiger partial charge in [0, 0.05) is 28.0 Å². The fourth-order valence-corrected chi connectivity index (χ4v) is 4.18. The van der Waals surface area contributed by atoms with Crippen LogP contribution in [0.5, 0.6) is 0 Å². The zero-order valence-electron chi connectivity index (χ0n) is 18.5. The molecule has 1 amide bonds. The third-order valence-corrected chi connectivity index (χ3v) is 5.91. The molecule has 0 aliphatic carbocycles. The molecule has 1 atom stereocenters. The van der Waals surface area contributed by atoms with Crippen LogP contribution < -0.4 is 10.6 Å². The van der Waals surface area contributed by atoms with E-state index in [1.807, 2.05) is 18.2 Å². The predicted molar refractivity (Wildman–Crippen MR) is 133 cm³/mol. The molecule has 1 aliphatic heterocycles. The molecule has 0 saturated carbocycles. The molecule has 3 aromatic carbocycles. The van der Waals surface area contributed by atoms with Gasteiger partial charge in [-0.15, -0.1) is 5.10 Å². The smallest absolute Gasteiger partial charge is 0.275 e. The number of nitrogens with zero attached hydrogens (tertiary/aromatic N) is 4. The van der Waals surface area contributed by atoms with Crippen molar-refractivity contribution in [2.45, 2.75) is 13.0 Å². The van der Waals surface area contributed by atoms with Gasteiger partial charge < -0.3 is 10.6 Å². The number of nitrogens with one attached hydrogen (secondary N) is 2. The lowest BCUT2D eigenvalue weighted by molar-refractivity contribution is -0.385. The molecule has 9 nitrogen and oxygen atoms in total. The van der Waals surface area contributed by atoms with Crippen LogP contribution in [0.2, 0.25) is 5.02 Å². The van der Waals surface area contributed by atoms with Gasteiger partial charge in [0.1, 0.15) is 6.04 Å². The maximum Gasteiger partial charge on any atom is 0.275 e. The van der Waals surface area contributed by atoms with E-state index in [9.17, 15) is 14.9 Å². The quantitative estimate of drug-likeness (QED) is 0.287. The Morgan fingerprint density at radius 1 is 1.06 bits per heavy atom. The van der Waals surface area contributed by atoms with Crippen molar-refractivity contribution in [1.29, 1.82) is 0 Å². The van der Waals surface area contributed by atoms with E-state index in [-0.39, 0.29) is 5.69 Å². The van der Waals surface area contributed by atoms with Gasteiger partial charge in [0.2, 0.25) is 5.95 Å². The van der Waals surface area contributed by atoms with Crippen molar-refractivity contribution in [2.24, 2.45) is 0 Å². The molecule has 0 saturated heterocycles. The lowest BCUT2D eigenvalue weighted by Gasteiger charge is -2.28. The fraction of sp³-hybridized carbons (Fsp3) is 0.0800. The minimum atomic E-state index is -0.884. The van der Waals surface area contributed by atoms with Gasteiger partial charge in [0.25, 0.3) is 11.6 Å². The van der Waals surface area contributed by atoms with Crippen LogP contribution in [0, 0.1) is 10.1 Å². The van der Waals surface area contributed by atoms with E-state index >= 15 is 0 Å². The minimum absolute atomic E-state index is 0.119. The Kier molecular flexibility index (Phi) is 5.76. The second-order valence-electron chi connectivity index (χ2n) is 7.91. The SMILES string of the molecule is CC1=C(C(=O)Nc2ccccc2)[C@@H](c2ccccc2[N+](=O)[O-])n2nc(-c3ccc(Cl)cc3)nc2N1. The number of fused-ring (bicyclic) bond motifs is 1. The highest BCUT2D eigenvalue weighted by Crippen LogP contribution is 2.40. The summed E-state index contributed by atoms with van der Waals surface area (Å²) in [6.07, 6.45) is 0. The molecule has 10 heteroatoms. The number of halogens is 1. The molecule has 2 heterocycles. The van der Waals surface area contributed by atoms with Gasteiger partial charge in [-0.3, -0.25) is 14.9 Å². The summed E-state index contributed by atoms with van der Waals surface area (Å²) in [5.41, 5.74) is 2.34. The number of hydrogen-bond acceptors (Lipinski definition) is 6. The zero-order chi connectivity index (χ0) is 24.5. The first-order valence-corrected chi connectivity index (χ1v) is 11.1. The van der Waals surface area contributed by atoms with Crippen molar-refractivity contribution in [3.8, 4) is 11.4 Å². The Morgan fingerprint density at radius 2 is 1.74 bits per heavy atom. The molecule has 0 fully saturated rings. The highest BCUT2D eigenvalue weighted by molar-refractivity contribution is 6.30. The van der Waals surface area contributed by atoms with Crippen LogP contribution in [0.15, 0.2) is 90.1 Å². The number of rotatable bonds is 5. The van der Waals surface area contributed by atoms with Crippen molar-refractivity contribution >= 4 is 34.8 Å². The van der Waals surface area contributed by atoms with E-state index in [0.717, 1.165) is 0 Å². The summed E-state index contributed by atoms with van der Waals surface area (Å²) in [5, 5.41) is 23.1. The second kappa shape index (κ2) is 9.03. The van der Waals surface area contributed by atoms with Gasteiger partial charge in [-0.1, -0.05) is 41.9 Å². The maximum absolute atomic E-state index is 13.5. The molecule has 1 aliphatic rings. The molecular weight excluding hydrogens is 468 g/mol. The first kappa shape index (κ1) is 22.3. The number of carbonyl (C=O) groups excluding carboxylic acids is 1. The molecule has 2 N–H and O–H groups in total. The Bertz CT molecular complexity index is 1460. The third kappa shape index (κ3) is 4.24. The summed E-state index contributed by atoms with van der Waals surface area (Å²) in [5.74, 6) is 0.357. The molecule has 4 aromatic rings. The molecule has 174 valence electrons. The molecule has 0 bridgehead atoms. The summed E-state index contributed by atoms with van der Waals surface area (Å²) < 4.78 is 1.51. The molecule has 0 spiro atoms. The van der Waals surface area contributed by atoms with Gasteiger partial charge in [-0.2, -0.15) is 4.98 Å². The van der Waals surface area contributed by atoms with Crippen LogP contribution in [0.3, 0.4) is 0 Å². The molecule has 0 unspecified atom stereocenters. The van der Waals surface area contributed by atoms with Gasteiger partial charge in [0.05, 0.1) is 16.1 Å². The number of anilines is 2. The number of allylic oxidation sites excluding steroid dienone is 1. The normalized spacial score (nSPS) is 14.7. The average molecular weight is 487 g/mol. The highest BCUT2D eigenvalue weighted by Gasteiger charge is 2.37. The van der Waals surface area contributed by atoms with Gasteiger partial charge in [-0.05, 0) is 49.4 Å². The van der Waals surface area contributed by atoms with E-state index in [2.05, 4.69) is 20.7 Å². The Balaban J connectivity index is 1.66. The Hall–Kier alpha value is -4.50. The van der Waals surface area contributed by atoms with E-state index in [1.165, 1.54) is 10.7 Å². The third-order valence-electron chi connectivity index (χ3n) is 5.66. The van der Waals surface area contributed by atoms with Crippen LogP contribution in [-0.4, -0.2) is 25.6 Å². The van der Waals surface area contributed by atoms with E-state index < -0.39 is 16.9 Å². The molecule has 5 rings (SSSR count). The van der Waals surface area contributed by atoms with Crippen LogP contribution in [0.4, 0.5) is 17.3 Å². The standard InChI is InChI=1S/C25H19ClN6O3/c1-15-21(24(33)28-18-7-3-2-4-8-18)22(19-9-5-6-10-20(19)32(34)35)31-25(27-15)29-23(30-31)16-11-13-17(26)14-12-16/h2-14,22H,1H3,(H,28,33)(H,27,29,30)/t22-/m1/s1. The van der Waals surface area contributed by atoms with Crippen LogP contribution in [-0.2, 0) is 4.79 Å². The molecule has 1 aromatic heterocycles. The van der Waals surface area contributed by atoms with E-state index in [4.69, 9.17) is 11.6 Å². The number of aromatic nitrogens is 3. The van der Waals surface area contributed by atoms with Crippen LogP contribution >= 0.6 is 11.6 Å². The van der Waals surface area contributed by atoms with Crippen LogP contribution in [0.1, 0.15) is 18.5 Å². The summed E-state index contributed by atoms with van der Waals surface area (Å²) in [6, 6.07) is 21.5. The van der Waals surface area contributed by atoms with Gasteiger partial charge in [-0.25, -0.2) is 4.68 Å². The topological polar surface area (TPSA) is 115 Å². The maximum atomic E-state index is 13.5. The first-order valence-electron chi connectivity index (χ1n) is 10.7. The first-order chi connectivity index (χ1) is 16.9. The van der Waals surface area contributed by atoms with Crippen molar-refractivity contribution in [3.05, 3.63) is 111 Å². The number of amides is 1. The van der Waals surface area contributed by atoms with Gasteiger partial charge >= 0.3 is 0 Å². The molecule has 35 heavy (non-hydrogen) atoms. The van der Waals surface area contributed by atoms with Crippen LogP contribution in [0.25, 0.3) is 11.4 Å². The van der Waals surface area contributed by atoms with Crippen molar-refractivity contribution in [3.63, 3.8) is 0 Å². The van der Waals surface area contributed by atoms with E-state index in [0.29, 0.717) is 44.9 Å². The van der Waals surface area contributed by atoms with Crippen molar-refractivity contribution < 1.29 is 9.72 Å². The monoisotopic (exact) mass is 486 g/mol. The summed E-state index contributed by atoms with van der Waals surface area (Å²) in [4.78, 5) is 29.5. The lowest BCUT2D eigenvalue weighted by Crippen LogP contribution is -2.31. The number of carbonyl (C=O) groups is 1.